The normalized spacial score (nSPS) is 8.67. The van der Waals surface area contributed by atoms with E-state index in [-0.39, 0.29) is 0 Å². The fourth-order valence-corrected chi connectivity index (χ4v) is 5.52. The molecule has 0 unspecified atom stereocenters. The highest BCUT2D eigenvalue weighted by Gasteiger charge is 2.02. The Labute approximate surface area is 619 Å². The molecule has 0 spiro atoms. The van der Waals surface area contributed by atoms with Crippen LogP contribution in [0.2, 0.25) is 0 Å². The number of hydrogen-bond acceptors (Lipinski definition) is 0. The predicted molar refractivity (Wildman–Crippen MR) is 476 cm³/mol. The van der Waals surface area contributed by atoms with Crippen LogP contribution in [0, 0.1) is 21.7 Å². The van der Waals surface area contributed by atoms with Gasteiger partial charge in [0.2, 0.25) is 0 Å². The van der Waals surface area contributed by atoms with Crippen LogP contribution in [0.3, 0.4) is 0 Å². The van der Waals surface area contributed by atoms with Gasteiger partial charge in [-0.1, -0.05) is 535 Å². The summed E-state index contributed by atoms with van der Waals surface area (Å²) in [5, 5.41) is 7.78. The fourth-order valence-electron chi connectivity index (χ4n) is 5.52. The minimum Gasteiger partial charge on any atom is -0.0683 e. The molecular weight excluding hydrogens is 1180 g/mol. The molecule has 9 aromatic carbocycles. The maximum Gasteiger partial charge on any atom is -0.0177 e. The number of hydrogen-bond donors (Lipinski definition) is 0. The van der Waals surface area contributed by atoms with Crippen molar-refractivity contribution in [1.29, 1.82) is 0 Å². The molecule has 0 heteroatoms. The Hall–Kier alpha value is -6.24. The van der Waals surface area contributed by atoms with Gasteiger partial charge in [-0.25, -0.2) is 0 Å². The van der Waals surface area contributed by atoms with Crippen LogP contribution in [0.4, 0.5) is 0 Å². The Morgan fingerprint density at radius 2 is 0.265 bits per heavy atom. The summed E-state index contributed by atoms with van der Waals surface area (Å²) in [5.41, 5.74) is 7.10. The molecule has 98 heavy (non-hydrogen) atoms. The standard InChI is InChI=1S/C20H14.C12H10.C10H8.C6H6.4C5H12.4C3H8.9C2H6/c1-3-7-17-13-19(11-9-15(17)5-1)20-12-10-16-6-2-4-8-18(16)14-20;1-3-7-11(8-4-1)12-9-5-2-6-10-12;1-2-6-10-8-4-3-7-9(10)5-1;1-2-4-6-5-3-1;4*1-5(2,3)4;4*1-3-2;9*1-2/h1-14H;1-10H;1-8H;1-6H;4*1-4H3;4*3H2,1-2H3;9*1-2H3. The van der Waals surface area contributed by atoms with Gasteiger partial charge in [-0.05, 0) is 88.4 Å². The zero-order chi connectivity index (χ0) is 79.5. The van der Waals surface area contributed by atoms with Crippen molar-refractivity contribution in [2.45, 2.75) is 316 Å². The third kappa shape index (κ3) is 106. The average Bonchev–Trinajstić information content (AvgIpc) is 0.812. The van der Waals surface area contributed by atoms with E-state index >= 15 is 0 Å². The van der Waals surface area contributed by atoms with Gasteiger partial charge in [0.1, 0.15) is 0 Å². The van der Waals surface area contributed by atoms with Crippen LogP contribution in [0.15, 0.2) is 231 Å². The van der Waals surface area contributed by atoms with Gasteiger partial charge in [-0.15, -0.1) is 0 Å². The van der Waals surface area contributed by atoms with E-state index in [0.29, 0.717) is 21.7 Å². The van der Waals surface area contributed by atoms with Crippen molar-refractivity contribution < 1.29 is 0 Å². The first-order chi connectivity index (χ1) is 46.5. The van der Waals surface area contributed by atoms with Gasteiger partial charge < -0.3 is 0 Å². The molecule has 0 aromatic heterocycles. The molecule has 9 rings (SSSR count). The summed E-state index contributed by atoms with van der Waals surface area (Å²) in [5.74, 6) is 0. The van der Waals surface area contributed by atoms with E-state index in [0.717, 1.165) is 0 Å². The van der Waals surface area contributed by atoms with E-state index in [2.05, 4.69) is 348 Å². The highest BCUT2D eigenvalue weighted by molar-refractivity contribution is 5.91. The van der Waals surface area contributed by atoms with Crippen molar-refractivity contribution in [1.82, 2.24) is 0 Å². The van der Waals surface area contributed by atoms with Crippen LogP contribution >= 0.6 is 0 Å². The zero-order valence-electron chi connectivity index (χ0n) is 73.8. The molecule has 0 radical (unpaired) electrons. The zero-order valence-corrected chi connectivity index (χ0v) is 73.8. The Kier molecular flexibility index (Phi) is 110. The van der Waals surface area contributed by atoms with Gasteiger partial charge in [0.15, 0.2) is 0 Å². The van der Waals surface area contributed by atoms with Gasteiger partial charge in [0, 0.05) is 0 Å². The van der Waals surface area contributed by atoms with Gasteiger partial charge in [-0.2, -0.15) is 0 Å². The first-order valence-electron chi connectivity index (χ1n) is 39.0. The smallest absolute Gasteiger partial charge is 0.0177 e. The molecule has 564 valence electrons. The van der Waals surface area contributed by atoms with Gasteiger partial charge in [0.05, 0.1) is 0 Å². The van der Waals surface area contributed by atoms with E-state index in [1.807, 2.05) is 173 Å². The lowest BCUT2D eigenvalue weighted by molar-refractivity contribution is 0.469. The largest absolute Gasteiger partial charge is 0.0683 e. The highest BCUT2D eigenvalue weighted by Crippen LogP contribution is 2.27. The quantitative estimate of drug-likeness (QED) is 0.162. The first kappa shape index (κ1) is 119. The number of rotatable bonds is 2. The lowest BCUT2D eigenvalue weighted by Gasteiger charge is -2.06. The summed E-state index contributed by atoms with van der Waals surface area (Å²) >= 11 is 0. The lowest BCUT2D eigenvalue weighted by atomic mass is 9.99. The predicted octanol–water partition coefficient (Wildman–Crippen LogP) is 36.7. The summed E-state index contributed by atoms with van der Waals surface area (Å²) in [7, 11) is 0. The third-order valence-electron chi connectivity index (χ3n) is 8.04. The molecule has 0 N–H and O–H groups in total. The minimum absolute atomic E-state index is 0.500. The second-order valence-corrected chi connectivity index (χ2v) is 26.2. The Balaban J connectivity index is -0.0000000848. The van der Waals surface area contributed by atoms with Crippen LogP contribution < -0.4 is 0 Å². The van der Waals surface area contributed by atoms with Crippen LogP contribution in [0.5, 0.6) is 0 Å². The third-order valence-corrected chi connectivity index (χ3v) is 8.04. The molecule has 0 fully saturated rings. The first-order valence-corrected chi connectivity index (χ1v) is 39.0. The van der Waals surface area contributed by atoms with Crippen LogP contribution in [-0.2, 0) is 0 Å². The topological polar surface area (TPSA) is 0 Å². The monoisotopic (exact) mass is 1350 g/mol. The van der Waals surface area contributed by atoms with Crippen molar-refractivity contribution in [3.8, 4) is 22.3 Å². The van der Waals surface area contributed by atoms with Crippen LogP contribution in [0.1, 0.15) is 316 Å². The van der Waals surface area contributed by atoms with Gasteiger partial charge in [0.25, 0.3) is 0 Å². The van der Waals surface area contributed by atoms with Crippen molar-refractivity contribution in [2.24, 2.45) is 21.7 Å². The molecule has 0 saturated heterocycles. The molecule has 0 atom stereocenters. The Morgan fingerprint density at radius 3 is 0.418 bits per heavy atom. The number of benzene rings is 9. The summed E-state index contributed by atoms with van der Waals surface area (Å²) in [6.07, 6.45) is 5.00. The molecule has 0 aliphatic heterocycles. The Bertz CT molecular complexity index is 2450. The summed E-state index contributed by atoms with van der Waals surface area (Å²) < 4.78 is 0. The summed E-state index contributed by atoms with van der Waals surface area (Å²) in [6.45, 7) is 88.0. The van der Waals surface area contributed by atoms with E-state index in [1.54, 1.807) is 0 Å². The van der Waals surface area contributed by atoms with Gasteiger partial charge in [-0.3, -0.25) is 0 Å². The minimum atomic E-state index is 0.500. The number of fused-ring (bicyclic) bond motifs is 3. The van der Waals surface area contributed by atoms with E-state index < -0.39 is 0 Å². The van der Waals surface area contributed by atoms with E-state index in [4.69, 9.17) is 0 Å². The van der Waals surface area contributed by atoms with Crippen molar-refractivity contribution in [2.75, 3.05) is 0 Å². The molecule has 0 heterocycles. The molecule has 0 amide bonds. The lowest BCUT2D eigenvalue weighted by Crippen LogP contribution is -1.93. The van der Waals surface area contributed by atoms with Crippen molar-refractivity contribution in [3.63, 3.8) is 0 Å². The second-order valence-electron chi connectivity index (χ2n) is 26.2. The van der Waals surface area contributed by atoms with Crippen molar-refractivity contribution in [3.05, 3.63) is 231 Å². The second kappa shape index (κ2) is 90.8. The molecule has 0 aliphatic rings. The van der Waals surface area contributed by atoms with E-state index in [9.17, 15) is 0 Å². The van der Waals surface area contributed by atoms with Crippen LogP contribution in [-0.4, -0.2) is 0 Å². The maximum atomic E-state index is 2.26. The average molecular weight is 1350 g/mol. The molecule has 0 nitrogen and oxygen atoms in total. The van der Waals surface area contributed by atoms with Crippen LogP contribution in [0.25, 0.3) is 54.6 Å². The SMILES string of the molecule is CC.CC.CC.CC.CC.CC.CC.CC.CC.CC(C)(C)C.CC(C)(C)C.CC(C)(C)C.CC(C)(C)C.CCC.CCC.CCC.CCC.c1ccc(-c2ccccc2)cc1.c1ccc2cc(-c3ccc4ccccc4c3)ccc2c1.c1ccc2ccccc2c1.c1ccccc1. The fraction of sp³-hybridized carbons (Fsp3) is 0.510. The highest BCUT2D eigenvalue weighted by atomic mass is 14.1. The molecule has 0 bridgehead atoms. The van der Waals surface area contributed by atoms with Crippen molar-refractivity contribution >= 4 is 32.3 Å². The molecule has 0 saturated carbocycles. The molecule has 9 aromatic rings. The van der Waals surface area contributed by atoms with E-state index in [1.165, 1.54) is 80.3 Å². The Morgan fingerprint density at radius 1 is 0.153 bits per heavy atom. The molecular formula is C98H172. The summed E-state index contributed by atoms with van der Waals surface area (Å²) in [6, 6.07) is 79.8. The molecule has 0 aliphatic carbocycles. The van der Waals surface area contributed by atoms with Gasteiger partial charge >= 0.3 is 0 Å². The summed E-state index contributed by atoms with van der Waals surface area (Å²) in [4.78, 5) is 0. The maximum absolute atomic E-state index is 2.26.